The fraction of sp³-hybridized carbons (Fsp3) is 0.667. The topological polar surface area (TPSA) is 134 Å². The predicted octanol–water partition coefficient (Wildman–Crippen LogP) is 5.11. The van der Waals surface area contributed by atoms with Crippen LogP contribution >= 0.6 is 8.25 Å². The maximum absolute atomic E-state index is 13.8. The molecule has 20 heteroatoms. The van der Waals surface area contributed by atoms with Gasteiger partial charge < -0.3 is 19.6 Å². The quantitative estimate of drug-likeness (QED) is 0.213. The van der Waals surface area contributed by atoms with Gasteiger partial charge in [-0.1, -0.05) is 27.7 Å². The van der Waals surface area contributed by atoms with Crippen molar-refractivity contribution >= 4 is 32.0 Å². The zero-order chi connectivity index (χ0) is 36.9. The maximum Gasteiger partial charge on any atom is 0.699 e. The van der Waals surface area contributed by atoms with Gasteiger partial charge in [0, 0.05) is 81.7 Å². The van der Waals surface area contributed by atoms with Gasteiger partial charge in [-0.3, -0.25) is 9.59 Å². The molecular weight excluding hydrogens is 697 g/mol. The van der Waals surface area contributed by atoms with E-state index in [0.717, 1.165) is 0 Å². The minimum atomic E-state index is -4.56. The van der Waals surface area contributed by atoms with Crippen molar-refractivity contribution in [3.63, 3.8) is 0 Å². The van der Waals surface area contributed by atoms with Crippen molar-refractivity contribution in [3.05, 3.63) is 35.9 Å². The number of hydrogen-bond donors (Lipinski definition) is 0. The molecule has 2 aromatic rings. The molecule has 0 spiro atoms. The first-order valence-electron chi connectivity index (χ1n) is 16.2. The van der Waals surface area contributed by atoms with Crippen LogP contribution in [0, 0.1) is 0 Å². The number of anilines is 2. The summed E-state index contributed by atoms with van der Waals surface area (Å²) in [5.41, 5.74) is -5.01. The van der Waals surface area contributed by atoms with E-state index >= 15 is 0 Å². The summed E-state index contributed by atoms with van der Waals surface area (Å²) in [6.07, 6.45) is -5.73. The monoisotopic (exact) mass is 737 g/mol. The lowest BCUT2D eigenvalue weighted by Gasteiger charge is -2.39. The second-order valence-corrected chi connectivity index (χ2v) is 12.7. The van der Waals surface area contributed by atoms with Gasteiger partial charge in [0.15, 0.2) is 0 Å². The average Bonchev–Trinajstić information content (AvgIpc) is 3.12. The second-order valence-electron chi connectivity index (χ2n) is 11.9. The third-order valence-electron chi connectivity index (χ3n) is 9.19. The van der Waals surface area contributed by atoms with Crippen molar-refractivity contribution in [1.29, 1.82) is 0 Å². The zero-order valence-corrected chi connectivity index (χ0v) is 29.0. The molecule has 0 atom stereocenters. The fourth-order valence-corrected chi connectivity index (χ4v) is 7.08. The Hall–Kier alpha value is -3.70. The van der Waals surface area contributed by atoms with Gasteiger partial charge in [-0.05, 0) is 25.7 Å². The number of carbonyl (C=O) groups is 2. The molecule has 2 aliphatic rings. The lowest BCUT2D eigenvalue weighted by molar-refractivity contribution is -0.154. The van der Waals surface area contributed by atoms with Crippen LogP contribution in [0.5, 0.6) is 0 Å². The lowest BCUT2D eigenvalue weighted by atomic mass is 9.95. The van der Waals surface area contributed by atoms with Crippen molar-refractivity contribution in [2.24, 2.45) is 0 Å². The van der Waals surface area contributed by atoms with Gasteiger partial charge >= 0.3 is 20.6 Å². The van der Waals surface area contributed by atoms with E-state index in [4.69, 9.17) is 9.05 Å². The van der Waals surface area contributed by atoms with Crippen molar-refractivity contribution in [3.8, 4) is 0 Å². The van der Waals surface area contributed by atoms with E-state index in [-0.39, 0.29) is 89.9 Å². The first kappa shape index (κ1) is 39.1. The summed E-state index contributed by atoms with van der Waals surface area (Å²) >= 11 is 0. The van der Waals surface area contributed by atoms with Gasteiger partial charge in [0.05, 0.1) is 11.1 Å². The van der Waals surface area contributed by atoms with E-state index in [2.05, 4.69) is 19.9 Å². The molecule has 0 saturated carbocycles. The van der Waals surface area contributed by atoms with Crippen molar-refractivity contribution in [2.75, 3.05) is 62.2 Å². The van der Waals surface area contributed by atoms with Crippen LogP contribution < -0.4 is 9.80 Å². The molecule has 13 nitrogen and oxygen atoms in total. The SMILES string of the molecule is CCC(CC)(O[P+](=O)OC(CC)(CC)C(=O)N1CCN(c2ncc(C(F)(F)F)cn2)CC1)C(=O)N1CCN(c2ncc(C(F)(F)F)cn2)CC1. The molecule has 2 aliphatic heterocycles. The van der Waals surface area contributed by atoms with Gasteiger partial charge in [-0.15, -0.1) is 9.05 Å². The molecule has 0 aliphatic carbocycles. The van der Waals surface area contributed by atoms with E-state index in [1.165, 1.54) is 9.80 Å². The second kappa shape index (κ2) is 15.7. The molecule has 0 N–H and O–H groups in total. The highest BCUT2D eigenvalue weighted by molar-refractivity contribution is 7.33. The number of amides is 2. The Kier molecular flexibility index (Phi) is 12.3. The van der Waals surface area contributed by atoms with Gasteiger partial charge in [0.25, 0.3) is 11.8 Å². The highest BCUT2D eigenvalue weighted by Crippen LogP contribution is 2.43. The number of nitrogens with zero attached hydrogens (tertiary/aromatic N) is 8. The summed E-state index contributed by atoms with van der Waals surface area (Å²) in [6.45, 7) is 8.51. The first-order chi connectivity index (χ1) is 23.5. The third-order valence-corrected chi connectivity index (χ3v) is 10.2. The van der Waals surface area contributed by atoms with E-state index in [9.17, 15) is 40.5 Å². The summed E-state index contributed by atoms with van der Waals surface area (Å²) < 4.78 is 103. The van der Waals surface area contributed by atoms with Gasteiger partial charge in [0.1, 0.15) is 0 Å². The van der Waals surface area contributed by atoms with Crippen LogP contribution in [0.4, 0.5) is 38.2 Å². The summed E-state index contributed by atoms with van der Waals surface area (Å²) in [5.74, 6) is -0.669. The molecule has 0 bridgehead atoms. The third kappa shape index (κ3) is 8.60. The van der Waals surface area contributed by atoms with E-state index < -0.39 is 54.8 Å². The van der Waals surface area contributed by atoms with Gasteiger partial charge in [-0.25, -0.2) is 19.9 Å². The Morgan fingerprint density at radius 2 is 0.880 bits per heavy atom. The van der Waals surface area contributed by atoms with Crippen LogP contribution in [-0.4, -0.2) is 105 Å². The number of carbonyl (C=O) groups excluding carboxylic acids is 2. The highest BCUT2D eigenvalue weighted by Gasteiger charge is 2.54. The fourth-order valence-electron chi connectivity index (χ4n) is 5.80. The number of halogens is 6. The molecule has 0 unspecified atom stereocenters. The van der Waals surface area contributed by atoms with Crippen LogP contribution in [0.2, 0.25) is 0 Å². The Bertz CT molecular complexity index is 1370. The average molecular weight is 738 g/mol. The highest BCUT2D eigenvalue weighted by atomic mass is 31.1. The van der Waals surface area contributed by atoms with Gasteiger partial charge in [0.2, 0.25) is 23.1 Å². The number of hydrogen-bond acceptors (Lipinski definition) is 11. The molecule has 2 aromatic heterocycles. The smallest absolute Gasteiger partial charge is 0.337 e. The molecule has 50 heavy (non-hydrogen) atoms. The van der Waals surface area contributed by atoms with Crippen molar-refractivity contribution in [1.82, 2.24) is 29.7 Å². The maximum atomic E-state index is 13.8. The van der Waals surface area contributed by atoms with E-state index in [1.807, 2.05) is 0 Å². The first-order valence-corrected chi connectivity index (χ1v) is 17.3. The Labute approximate surface area is 286 Å². The summed E-state index contributed by atoms with van der Waals surface area (Å²) in [4.78, 5) is 49.3. The summed E-state index contributed by atoms with van der Waals surface area (Å²) in [7, 11) is -2.99. The van der Waals surface area contributed by atoms with Crippen LogP contribution in [0.25, 0.3) is 0 Å². The van der Waals surface area contributed by atoms with E-state index in [0.29, 0.717) is 24.8 Å². The van der Waals surface area contributed by atoms with Crippen molar-refractivity contribution < 1.29 is 49.5 Å². The number of aromatic nitrogens is 4. The minimum absolute atomic E-state index is 0.101. The molecule has 2 amide bonds. The standard InChI is InChI=1S/C30H40F6N8O5P/c1-5-27(6-2,23(45)41-9-13-43(14-10-41)25-37-17-21(18-38-25)29(31,32)33)48-50(47)49-28(7-3,8-4)24(46)42-11-15-44(16-12-42)26-39-19-22(20-40-26)30(34,35)36/h17-20H,5-16H2,1-4H3/q+1. The zero-order valence-electron chi connectivity index (χ0n) is 28.1. The Balaban J connectivity index is 1.37. The molecule has 0 aromatic carbocycles. The number of alkyl halides is 6. The summed E-state index contributed by atoms with van der Waals surface area (Å²) in [5, 5.41) is 0. The van der Waals surface area contributed by atoms with Crippen LogP contribution in [0.1, 0.15) is 64.5 Å². The van der Waals surface area contributed by atoms with Crippen molar-refractivity contribution in [2.45, 2.75) is 76.9 Å². The van der Waals surface area contributed by atoms with Crippen LogP contribution in [0.15, 0.2) is 24.8 Å². The minimum Gasteiger partial charge on any atom is -0.337 e. The van der Waals surface area contributed by atoms with Crippen LogP contribution in [-0.2, 0) is 35.6 Å². The largest absolute Gasteiger partial charge is 0.699 e. The Morgan fingerprint density at radius 1 is 0.600 bits per heavy atom. The number of rotatable bonds is 12. The molecular formula is C30H40F6N8O5P+. The molecule has 4 heterocycles. The molecule has 2 saturated heterocycles. The lowest BCUT2D eigenvalue weighted by Crippen LogP contribution is -2.57. The normalized spacial score (nSPS) is 16.5. The van der Waals surface area contributed by atoms with Crippen LogP contribution in [0.3, 0.4) is 0 Å². The Morgan fingerprint density at radius 3 is 1.12 bits per heavy atom. The van der Waals surface area contributed by atoms with E-state index in [1.54, 1.807) is 37.5 Å². The predicted molar refractivity (Wildman–Crippen MR) is 168 cm³/mol. The molecule has 0 radical (unpaired) electrons. The molecule has 4 rings (SSSR count). The summed E-state index contributed by atoms with van der Waals surface area (Å²) in [6, 6.07) is 0. The molecule has 2 fully saturated rings. The van der Waals surface area contributed by atoms with Gasteiger partial charge in [-0.2, -0.15) is 26.3 Å². The number of piperazine rings is 2. The molecule has 276 valence electrons.